The van der Waals surface area contributed by atoms with Gasteiger partial charge in [-0.25, -0.2) is 13.4 Å². The van der Waals surface area contributed by atoms with Gasteiger partial charge in [-0.15, -0.1) is 0 Å². The zero-order chi connectivity index (χ0) is 28.3. The van der Waals surface area contributed by atoms with Crippen LogP contribution in [0.1, 0.15) is 21.5 Å². The Labute approximate surface area is 238 Å². The number of ether oxygens (including phenoxy) is 1. The quantitative estimate of drug-likeness (QED) is 0.305. The maximum atomic E-state index is 12.8. The van der Waals surface area contributed by atoms with E-state index >= 15 is 0 Å². The number of amides is 1. The Balaban J connectivity index is 1.11. The lowest BCUT2D eigenvalue weighted by molar-refractivity contribution is 0.0948. The van der Waals surface area contributed by atoms with Gasteiger partial charge >= 0.3 is 0 Å². The largest absolute Gasteiger partial charge is 0.497 e. The molecule has 0 bridgehead atoms. The predicted molar refractivity (Wildman–Crippen MR) is 160 cm³/mol. The van der Waals surface area contributed by atoms with Crippen LogP contribution in [-0.4, -0.2) is 70.6 Å². The molecular weight excluding hydrogens is 546 g/mol. The number of aryl methyl sites for hydroxylation is 2. The molecule has 2 heterocycles. The predicted octanol–water partition coefficient (Wildman–Crippen LogP) is 4.27. The smallest absolute Gasteiger partial charge is 0.261 e. The lowest BCUT2D eigenvalue weighted by Crippen LogP contribution is -2.48. The summed E-state index contributed by atoms with van der Waals surface area (Å²) in [6, 6.07) is 16.9. The lowest BCUT2D eigenvalue weighted by Gasteiger charge is -2.34. The number of nitrogens with one attached hydrogen (secondary N) is 2. The first-order valence-corrected chi connectivity index (χ1v) is 15.4. The fourth-order valence-corrected chi connectivity index (χ4v) is 6.90. The summed E-state index contributed by atoms with van der Waals surface area (Å²) in [6.45, 7) is 9.05. The molecule has 0 atom stereocenters. The summed E-state index contributed by atoms with van der Waals surface area (Å²) in [7, 11) is -2.28. The molecule has 1 fully saturated rings. The van der Waals surface area contributed by atoms with Crippen LogP contribution in [0.15, 0.2) is 65.6 Å². The summed E-state index contributed by atoms with van der Waals surface area (Å²) in [4.78, 5) is 22.4. The van der Waals surface area contributed by atoms with Crippen molar-refractivity contribution in [3.63, 3.8) is 0 Å². The van der Waals surface area contributed by atoms with Crippen molar-refractivity contribution in [3.05, 3.63) is 77.4 Å². The highest BCUT2D eigenvalue weighted by Crippen LogP contribution is 2.32. The van der Waals surface area contributed by atoms with Crippen molar-refractivity contribution in [2.24, 2.45) is 0 Å². The van der Waals surface area contributed by atoms with Gasteiger partial charge in [0.05, 0.1) is 22.2 Å². The number of carbonyl (C=O) groups excluding carboxylic acids is 1. The Morgan fingerprint density at radius 1 is 1.02 bits per heavy atom. The second-order valence-corrected chi connectivity index (χ2v) is 12.5. The van der Waals surface area contributed by atoms with Gasteiger partial charge in [0.15, 0.2) is 5.13 Å². The zero-order valence-corrected chi connectivity index (χ0v) is 24.4. The summed E-state index contributed by atoms with van der Waals surface area (Å²) in [6.07, 6.45) is 0. The molecule has 0 aliphatic carbocycles. The Morgan fingerprint density at radius 3 is 2.50 bits per heavy atom. The minimum Gasteiger partial charge on any atom is -0.497 e. The molecule has 1 aliphatic rings. The maximum Gasteiger partial charge on any atom is 0.261 e. The van der Waals surface area contributed by atoms with Crippen molar-refractivity contribution >= 4 is 48.3 Å². The zero-order valence-electron chi connectivity index (χ0n) is 22.8. The summed E-state index contributed by atoms with van der Waals surface area (Å²) in [5.41, 5.74) is 4.28. The minimum atomic E-state index is -3.80. The molecule has 0 spiro atoms. The summed E-state index contributed by atoms with van der Waals surface area (Å²) < 4.78 is 34.4. The Bertz CT molecular complexity index is 1610. The number of aromatic nitrogens is 1. The first-order valence-electron chi connectivity index (χ1n) is 13.1. The molecule has 9 nitrogen and oxygen atoms in total. The van der Waals surface area contributed by atoms with Crippen LogP contribution in [-0.2, 0) is 10.0 Å². The van der Waals surface area contributed by atoms with Crippen LogP contribution < -0.4 is 19.7 Å². The molecule has 1 aromatic heterocycles. The first-order chi connectivity index (χ1) is 19.2. The van der Waals surface area contributed by atoms with E-state index in [4.69, 9.17) is 9.72 Å². The molecule has 11 heteroatoms. The number of sulfonamides is 1. The van der Waals surface area contributed by atoms with Gasteiger partial charge < -0.3 is 15.0 Å². The van der Waals surface area contributed by atoms with E-state index in [-0.39, 0.29) is 10.8 Å². The molecule has 0 saturated carbocycles. The molecule has 210 valence electrons. The number of methoxy groups -OCH3 is 1. The Morgan fingerprint density at radius 2 is 1.77 bits per heavy atom. The van der Waals surface area contributed by atoms with Gasteiger partial charge in [0.1, 0.15) is 5.75 Å². The number of anilines is 2. The molecule has 0 unspecified atom stereocenters. The van der Waals surface area contributed by atoms with Crippen molar-refractivity contribution in [1.29, 1.82) is 0 Å². The van der Waals surface area contributed by atoms with E-state index in [0.29, 0.717) is 23.5 Å². The standard InChI is InChI=1S/C29H33N5O4S2/c1-20-17-21(2)27-26(18-20)31-29(39-27)34-15-13-33(14-16-34)12-11-30-28(35)22-5-4-6-23(19-22)32-40(36,37)25-9-7-24(38-3)8-10-25/h4-10,17-19,32H,11-16H2,1-3H3,(H,30,35). The lowest BCUT2D eigenvalue weighted by atomic mass is 10.1. The van der Waals surface area contributed by atoms with E-state index in [1.165, 1.54) is 41.1 Å². The maximum absolute atomic E-state index is 12.8. The number of nitrogens with zero attached hydrogens (tertiary/aromatic N) is 3. The van der Waals surface area contributed by atoms with Gasteiger partial charge in [0.2, 0.25) is 0 Å². The highest BCUT2D eigenvalue weighted by molar-refractivity contribution is 7.92. The van der Waals surface area contributed by atoms with E-state index in [2.05, 4.69) is 45.8 Å². The third-order valence-corrected chi connectivity index (χ3v) is 9.58. The van der Waals surface area contributed by atoms with Gasteiger partial charge in [-0.1, -0.05) is 23.5 Å². The number of rotatable bonds is 9. The molecule has 1 aliphatic heterocycles. The first kappa shape index (κ1) is 27.9. The van der Waals surface area contributed by atoms with E-state index in [1.54, 1.807) is 41.7 Å². The average Bonchev–Trinajstić information content (AvgIpc) is 3.38. The van der Waals surface area contributed by atoms with Crippen molar-refractivity contribution in [2.45, 2.75) is 18.7 Å². The second-order valence-electron chi connectivity index (χ2n) is 9.87. The fourth-order valence-electron chi connectivity index (χ4n) is 4.79. The van der Waals surface area contributed by atoms with E-state index in [0.717, 1.165) is 43.4 Å². The highest BCUT2D eigenvalue weighted by Gasteiger charge is 2.21. The normalized spacial score (nSPS) is 14.3. The van der Waals surface area contributed by atoms with Gasteiger partial charge in [0, 0.05) is 50.5 Å². The third kappa shape index (κ3) is 6.38. The second kappa shape index (κ2) is 11.8. The number of hydrogen-bond donors (Lipinski definition) is 2. The molecule has 2 N–H and O–H groups in total. The Hall–Kier alpha value is -3.67. The van der Waals surface area contributed by atoms with Gasteiger partial charge in [0.25, 0.3) is 15.9 Å². The van der Waals surface area contributed by atoms with Crippen molar-refractivity contribution in [2.75, 3.05) is 56.0 Å². The van der Waals surface area contributed by atoms with Crippen LogP contribution in [0.5, 0.6) is 5.75 Å². The number of thiazole rings is 1. The third-order valence-electron chi connectivity index (χ3n) is 6.91. The van der Waals surface area contributed by atoms with Crippen LogP contribution in [0.25, 0.3) is 10.2 Å². The van der Waals surface area contributed by atoms with Crippen LogP contribution >= 0.6 is 11.3 Å². The molecule has 40 heavy (non-hydrogen) atoms. The molecule has 1 amide bonds. The number of fused-ring (bicyclic) bond motifs is 1. The fraction of sp³-hybridized carbons (Fsp3) is 0.310. The molecule has 5 rings (SSSR count). The summed E-state index contributed by atoms with van der Waals surface area (Å²) in [5, 5.41) is 4.03. The van der Waals surface area contributed by atoms with Gasteiger partial charge in [-0.3, -0.25) is 14.4 Å². The van der Waals surface area contributed by atoms with E-state index in [1.807, 2.05) is 0 Å². The Kier molecular flexibility index (Phi) is 8.24. The van der Waals surface area contributed by atoms with Crippen molar-refractivity contribution in [1.82, 2.24) is 15.2 Å². The molecule has 1 saturated heterocycles. The van der Waals surface area contributed by atoms with Gasteiger partial charge in [-0.2, -0.15) is 0 Å². The molecule has 4 aromatic rings. The van der Waals surface area contributed by atoms with E-state index in [9.17, 15) is 13.2 Å². The number of hydrogen-bond acceptors (Lipinski definition) is 8. The number of piperazine rings is 1. The van der Waals surface area contributed by atoms with Crippen LogP contribution in [0.3, 0.4) is 0 Å². The number of carbonyl (C=O) groups is 1. The van der Waals surface area contributed by atoms with Crippen LogP contribution in [0.4, 0.5) is 10.8 Å². The average molecular weight is 580 g/mol. The summed E-state index contributed by atoms with van der Waals surface area (Å²) >= 11 is 1.76. The minimum absolute atomic E-state index is 0.108. The SMILES string of the molecule is COc1ccc(S(=O)(=O)Nc2cccc(C(=O)NCCN3CCN(c4nc5cc(C)cc(C)c5s4)CC3)c2)cc1. The highest BCUT2D eigenvalue weighted by atomic mass is 32.2. The topological polar surface area (TPSA) is 104 Å². The van der Waals surface area contributed by atoms with E-state index < -0.39 is 10.0 Å². The summed E-state index contributed by atoms with van der Waals surface area (Å²) in [5.74, 6) is 0.321. The van der Waals surface area contributed by atoms with Crippen LogP contribution in [0.2, 0.25) is 0 Å². The number of benzene rings is 3. The monoisotopic (exact) mass is 579 g/mol. The van der Waals surface area contributed by atoms with Crippen molar-refractivity contribution in [3.8, 4) is 5.75 Å². The molecule has 3 aromatic carbocycles. The molecule has 0 radical (unpaired) electrons. The molecular formula is C29H33N5O4S2. The van der Waals surface area contributed by atoms with Crippen LogP contribution in [0, 0.1) is 13.8 Å². The van der Waals surface area contributed by atoms with Gasteiger partial charge in [-0.05, 0) is 73.5 Å². The van der Waals surface area contributed by atoms with Crippen molar-refractivity contribution < 1.29 is 17.9 Å².